The summed E-state index contributed by atoms with van der Waals surface area (Å²) in [4.78, 5) is 0. The molecule has 0 saturated carbocycles. The van der Waals surface area contributed by atoms with E-state index in [2.05, 4.69) is 20.4 Å². The highest BCUT2D eigenvalue weighted by atomic mass is 16.3. The summed E-state index contributed by atoms with van der Waals surface area (Å²) in [7, 11) is 0. The number of hydrogen-bond donors (Lipinski definition) is 1. The lowest BCUT2D eigenvalue weighted by Gasteiger charge is -2.22. The van der Waals surface area contributed by atoms with Gasteiger partial charge in [-0.05, 0) is 31.6 Å². The van der Waals surface area contributed by atoms with Crippen LogP contribution in [0.15, 0.2) is 12.7 Å². The summed E-state index contributed by atoms with van der Waals surface area (Å²) in [5.74, 6) is 0.989. The Morgan fingerprint density at radius 1 is 1.36 bits per heavy atom. The van der Waals surface area contributed by atoms with Gasteiger partial charge in [0.2, 0.25) is 0 Å². The van der Waals surface area contributed by atoms with Gasteiger partial charge in [0.25, 0.3) is 0 Å². The Hall–Kier alpha value is -0.300. The predicted molar refractivity (Wildman–Crippen MR) is 49.4 cm³/mol. The smallest absolute Gasteiger partial charge is 0.0542 e. The van der Waals surface area contributed by atoms with Crippen molar-refractivity contribution >= 4 is 0 Å². The quantitative estimate of drug-likeness (QED) is 0.607. The van der Waals surface area contributed by atoms with Gasteiger partial charge >= 0.3 is 0 Å². The van der Waals surface area contributed by atoms with Crippen molar-refractivity contribution < 1.29 is 5.11 Å². The van der Waals surface area contributed by atoms with Crippen LogP contribution in [-0.2, 0) is 0 Å². The molecule has 0 rings (SSSR count). The molecule has 0 radical (unpaired) electrons. The first-order valence-electron chi connectivity index (χ1n) is 4.38. The summed E-state index contributed by atoms with van der Waals surface area (Å²) in [6.45, 7) is 9.84. The van der Waals surface area contributed by atoms with Gasteiger partial charge in [0.05, 0.1) is 6.10 Å². The Labute approximate surface area is 70.1 Å². The van der Waals surface area contributed by atoms with Gasteiger partial charge in [-0.25, -0.2) is 0 Å². The lowest BCUT2D eigenvalue weighted by Crippen LogP contribution is -2.21. The first kappa shape index (κ1) is 10.7. The van der Waals surface area contributed by atoms with Gasteiger partial charge < -0.3 is 5.11 Å². The van der Waals surface area contributed by atoms with Gasteiger partial charge in [-0.2, -0.15) is 0 Å². The molecule has 0 fully saturated rings. The van der Waals surface area contributed by atoms with Gasteiger partial charge in [-0.1, -0.05) is 19.9 Å². The molecule has 0 heterocycles. The van der Waals surface area contributed by atoms with Crippen LogP contribution in [0.2, 0.25) is 0 Å². The standard InChI is InChI=1S/C10H20O/c1-5-6-7-10(8(2)3)9(4)11/h5,8-11H,1,6-7H2,2-4H3. The molecule has 2 atom stereocenters. The van der Waals surface area contributed by atoms with Crippen LogP contribution in [0.3, 0.4) is 0 Å². The molecule has 0 spiro atoms. The van der Waals surface area contributed by atoms with Gasteiger partial charge in [-0.3, -0.25) is 0 Å². The first-order chi connectivity index (χ1) is 5.09. The molecule has 0 saturated heterocycles. The van der Waals surface area contributed by atoms with Crippen LogP contribution in [0.1, 0.15) is 33.6 Å². The van der Waals surface area contributed by atoms with Crippen LogP contribution in [0, 0.1) is 11.8 Å². The molecule has 2 unspecified atom stereocenters. The zero-order chi connectivity index (χ0) is 8.85. The summed E-state index contributed by atoms with van der Waals surface area (Å²) >= 11 is 0. The van der Waals surface area contributed by atoms with E-state index in [9.17, 15) is 5.11 Å². The van der Waals surface area contributed by atoms with Crippen LogP contribution in [0.4, 0.5) is 0 Å². The average molecular weight is 156 g/mol. The number of aliphatic hydroxyl groups excluding tert-OH is 1. The van der Waals surface area contributed by atoms with Crippen LogP contribution < -0.4 is 0 Å². The van der Waals surface area contributed by atoms with Gasteiger partial charge in [0.15, 0.2) is 0 Å². The van der Waals surface area contributed by atoms with Crippen LogP contribution in [-0.4, -0.2) is 11.2 Å². The van der Waals surface area contributed by atoms with E-state index in [1.165, 1.54) is 0 Å². The van der Waals surface area contributed by atoms with E-state index < -0.39 is 0 Å². The highest BCUT2D eigenvalue weighted by Gasteiger charge is 2.17. The van der Waals surface area contributed by atoms with Gasteiger partial charge in [0.1, 0.15) is 0 Å². The second kappa shape index (κ2) is 5.36. The second-order valence-corrected chi connectivity index (χ2v) is 3.51. The molecule has 66 valence electrons. The fourth-order valence-electron chi connectivity index (χ4n) is 1.44. The number of aliphatic hydroxyl groups is 1. The summed E-state index contributed by atoms with van der Waals surface area (Å²) in [6, 6.07) is 0. The third-order valence-corrected chi connectivity index (χ3v) is 2.18. The third kappa shape index (κ3) is 4.20. The fourth-order valence-corrected chi connectivity index (χ4v) is 1.44. The van der Waals surface area contributed by atoms with Gasteiger partial charge in [-0.15, -0.1) is 6.58 Å². The summed E-state index contributed by atoms with van der Waals surface area (Å²) in [5.41, 5.74) is 0. The maximum atomic E-state index is 9.37. The van der Waals surface area contributed by atoms with E-state index in [0.29, 0.717) is 11.8 Å². The Balaban J connectivity index is 3.79. The van der Waals surface area contributed by atoms with E-state index >= 15 is 0 Å². The Morgan fingerprint density at radius 2 is 1.91 bits per heavy atom. The average Bonchev–Trinajstić information content (AvgIpc) is 1.87. The Bertz CT molecular complexity index is 97.4. The van der Waals surface area contributed by atoms with Crippen molar-refractivity contribution in [1.82, 2.24) is 0 Å². The van der Waals surface area contributed by atoms with Crippen molar-refractivity contribution in [2.45, 2.75) is 39.7 Å². The molecule has 0 aromatic rings. The van der Waals surface area contributed by atoms with E-state index in [4.69, 9.17) is 0 Å². The lowest BCUT2D eigenvalue weighted by molar-refractivity contribution is 0.0926. The Kier molecular flexibility index (Phi) is 5.22. The fraction of sp³-hybridized carbons (Fsp3) is 0.800. The highest BCUT2D eigenvalue weighted by molar-refractivity contribution is 4.74. The Morgan fingerprint density at radius 3 is 2.18 bits per heavy atom. The zero-order valence-electron chi connectivity index (χ0n) is 7.88. The van der Waals surface area contributed by atoms with Crippen molar-refractivity contribution in [3.05, 3.63) is 12.7 Å². The minimum atomic E-state index is -0.185. The molecule has 0 aromatic carbocycles. The van der Waals surface area contributed by atoms with Crippen molar-refractivity contribution in [2.24, 2.45) is 11.8 Å². The maximum Gasteiger partial charge on any atom is 0.0542 e. The van der Waals surface area contributed by atoms with Crippen molar-refractivity contribution in [3.63, 3.8) is 0 Å². The SMILES string of the molecule is C=CCCC(C(C)C)C(C)O. The summed E-state index contributed by atoms with van der Waals surface area (Å²) < 4.78 is 0. The second-order valence-electron chi connectivity index (χ2n) is 3.51. The maximum absolute atomic E-state index is 9.37. The third-order valence-electron chi connectivity index (χ3n) is 2.18. The summed E-state index contributed by atoms with van der Waals surface area (Å²) in [5, 5.41) is 9.37. The molecular formula is C10H20O. The topological polar surface area (TPSA) is 20.2 Å². The molecule has 0 aliphatic carbocycles. The molecule has 11 heavy (non-hydrogen) atoms. The number of rotatable bonds is 5. The van der Waals surface area contributed by atoms with Crippen LogP contribution >= 0.6 is 0 Å². The summed E-state index contributed by atoms with van der Waals surface area (Å²) in [6.07, 6.45) is 3.79. The molecule has 1 N–H and O–H groups in total. The molecule has 0 bridgehead atoms. The number of hydrogen-bond acceptors (Lipinski definition) is 1. The normalized spacial score (nSPS) is 16.5. The minimum Gasteiger partial charge on any atom is -0.393 e. The molecule has 0 aliphatic rings. The van der Waals surface area contributed by atoms with E-state index in [1.807, 2.05) is 13.0 Å². The van der Waals surface area contributed by atoms with Crippen LogP contribution in [0.5, 0.6) is 0 Å². The zero-order valence-corrected chi connectivity index (χ0v) is 7.88. The molecule has 0 aliphatic heterocycles. The molecular weight excluding hydrogens is 136 g/mol. The van der Waals surface area contributed by atoms with Crippen molar-refractivity contribution in [3.8, 4) is 0 Å². The molecule has 1 nitrogen and oxygen atoms in total. The van der Waals surface area contributed by atoms with E-state index in [0.717, 1.165) is 12.8 Å². The lowest BCUT2D eigenvalue weighted by atomic mass is 9.87. The highest BCUT2D eigenvalue weighted by Crippen LogP contribution is 2.20. The monoisotopic (exact) mass is 156 g/mol. The predicted octanol–water partition coefficient (Wildman–Crippen LogP) is 2.61. The molecule has 0 aromatic heterocycles. The van der Waals surface area contributed by atoms with Gasteiger partial charge in [0, 0.05) is 0 Å². The number of allylic oxidation sites excluding steroid dienone is 1. The van der Waals surface area contributed by atoms with Crippen molar-refractivity contribution in [1.29, 1.82) is 0 Å². The first-order valence-corrected chi connectivity index (χ1v) is 4.38. The van der Waals surface area contributed by atoms with E-state index in [1.54, 1.807) is 0 Å². The minimum absolute atomic E-state index is 0.185. The molecule has 1 heteroatoms. The molecule has 0 amide bonds. The van der Waals surface area contributed by atoms with Crippen LogP contribution in [0.25, 0.3) is 0 Å². The largest absolute Gasteiger partial charge is 0.393 e. The van der Waals surface area contributed by atoms with Crippen molar-refractivity contribution in [2.75, 3.05) is 0 Å². The van der Waals surface area contributed by atoms with E-state index in [-0.39, 0.29) is 6.10 Å².